The molecule has 1 fully saturated rings. The van der Waals surface area contributed by atoms with Crippen LogP contribution in [0.25, 0.3) is 0 Å². The smallest absolute Gasteiger partial charge is 0.308 e. The van der Waals surface area contributed by atoms with E-state index in [1.807, 2.05) is 6.20 Å². The molecule has 2 rings (SSSR count). The molecule has 0 bridgehead atoms. The van der Waals surface area contributed by atoms with Gasteiger partial charge in [0.05, 0.1) is 21.7 Å². The molecule has 1 N–H and O–H groups in total. The fourth-order valence-electron chi connectivity index (χ4n) is 2.04. The van der Waals surface area contributed by atoms with Gasteiger partial charge >= 0.3 is 5.97 Å². The van der Waals surface area contributed by atoms with Crippen molar-refractivity contribution in [1.29, 1.82) is 0 Å². The van der Waals surface area contributed by atoms with E-state index < -0.39 is 5.97 Å². The topological polar surface area (TPSA) is 55.1 Å². The second-order valence-electron chi connectivity index (χ2n) is 3.58. The van der Waals surface area contributed by atoms with Crippen LogP contribution in [0.3, 0.4) is 0 Å². The number of rotatable bonds is 2. The van der Waals surface area contributed by atoms with Gasteiger partial charge in [-0.05, 0) is 35.4 Å². The summed E-state index contributed by atoms with van der Waals surface area (Å²) in [7, 11) is 0. The van der Waals surface area contributed by atoms with E-state index in [0.29, 0.717) is 0 Å². The first kappa shape index (κ1) is 9.95. The molecule has 0 saturated heterocycles. The predicted molar refractivity (Wildman–Crippen MR) is 59.0 cm³/mol. The Hall–Kier alpha value is -0.590. The maximum absolute atomic E-state index is 10.9. The zero-order chi connectivity index (χ0) is 10.1. The van der Waals surface area contributed by atoms with Crippen molar-refractivity contribution in [2.75, 3.05) is 0 Å². The molecule has 1 saturated carbocycles. The summed E-state index contributed by atoms with van der Waals surface area (Å²) in [5.41, 5.74) is 0. The molecule has 1 aromatic rings. The number of carbonyl (C=O) groups is 1. The van der Waals surface area contributed by atoms with Crippen LogP contribution in [0.5, 0.6) is 0 Å². The molecule has 1 aliphatic rings. The number of nitrogens with zero attached hydrogens (tertiary/aromatic N) is 2. The SMILES string of the molecule is O=C(O)C1CCCC1n1cc(I)cn1. The van der Waals surface area contributed by atoms with E-state index in [0.717, 1.165) is 22.8 Å². The Kier molecular flexibility index (Phi) is 2.76. The first-order valence-electron chi connectivity index (χ1n) is 4.61. The minimum atomic E-state index is -0.696. The summed E-state index contributed by atoms with van der Waals surface area (Å²) in [6, 6.07) is 0.0519. The molecule has 4 nitrogen and oxygen atoms in total. The number of hydrogen-bond acceptors (Lipinski definition) is 2. The van der Waals surface area contributed by atoms with E-state index >= 15 is 0 Å². The van der Waals surface area contributed by atoms with Gasteiger partial charge in [0.2, 0.25) is 0 Å². The van der Waals surface area contributed by atoms with Gasteiger partial charge in [-0.25, -0.2) is 0 Å². The Morgan fingerprint density at radius 1 is 1.64 bits per heavy atom. The molecule has 5 heteroatoms. The largest absolute Gasteiger partial charge is 0.481 e. The third-order valence-corrected chi connectivity index (χ3v) is 3.26. The number of aliphatic carboxylic acids is 1. The zero-order valence-corrected chi connectivity index (χ0v) is 9.72. The molecule has 2 unspecified atom stereocenters. The molecule has 0 aliphatic heterocycles. The fraction of sp³-hybridized carbons (Fsp3) is 0.556. The maximum atomic E-state index is 10.9. The molecule has 0 radical (unpaired) electrons. The molecule has 1 aromatic heterocycles. The summed E-state index contributed by atoms with van der Waals surface area (Å²) in [6.07, 6.45) is 6.35. The standard InChI is InChI=1S/C9H11IN2O2/c10-6-4-11-12(5-6)8-3-1-2-7(8)9(13)14/h4-5,7-8H,1-3H2,(H,13,14). The number of carboxylic acids is 1. The van der Waals surface area contributed by atoms with Crippen LogP contribution < -0.4 is 0 Å². The Morgan fingerprint density at radius 2 is 2.43 bits per heavy atom. The average molecular weight is 306 g/mol. The minimum Gasteiger partial charge on any atom is -0.481 e. The average Bonchev–Trinajstić information content (AvgIpc) is 2.70. The summed E-state index contributed by atoms with van der Waals surface area (Å²) >= 11 is 2.18. The van der Waals surface area contributed by atoms with Crippen LogP contribution >= 0.6 is 22.6 Å². The Labute approximate surface area is 95.4 Å². The van der Waals surface area contributed by atoms with Crippen LogP contribution in [-0.2, 0) is 4.79 Å². The van der Waals surface area contributed by atoms with Gasteiger partial charge in [0.25, 0.3) is 0 Å². The van der Waals surface area contributed by atoms with E-state index in [4.69, 9.17) is 5.11 Å². The molecule has 0 aromatic carbocycles. The zero-order valence-electron chi connectivity index (χ0n) is 7.56. The number of halogens is 1. The summed E-state index contributed by atoms with van der Waals surface area (Å²) in [5, 5.41) is 13.2. The van der Waals surface area contributed by atoms with Crippen LogP contribution in [-0.4, -0.2) is 20.9 Å². The van der Waals surface area contributed by atoms with Gasteiger partial charge in [0, 0.05) is 6.20 Å². The lowest BCUT2D eigenvalue weighted by Gasteiger charge is -2.15. The lowest BCUT2D eigenvalue weighted by Crippen LogP contribution is -2.21. The summed E-state index contributed by atoms with van der Waals surface area (Å²) in [5.74, 6) is -0.955. The molecule has 1 aliphatic carbocycles. The van der Waals surface area contributed by atoms with Crippen LogP contribution in [0.2, 0.25) is 0 Å². The third kappa shape index (κ3) is 1.77. The van der Waals surface area contributed by atoms with Crippen LogP contribution in [0.4, 0.5) is 0 Å². The van der Waals surface area contributed by atoms with E-state index in [2.05, 4.69) is 27.7 Å². The highest BCUT2D eigenvalue weighted by atomic mass is 127. The van der Waals surface area contributed by atoms with Gasteiger partial charge in [-0.1, -0.05) is 6.42 Å². The summed E-state index contributed by atoms with van der Waals surface area (Å²) < 4.78 is 2.85. The van der Waals surface area contributed by atoms with Crippen molar-refractivity contribution >= 4 is 28.6 Å². The normalized spacial score (nSPS) is 26.6. The lowest BCUT2D eigenvalue weighted by atomic mass is 10.0. The predicted octanol–water partition coefficient (Wildman–Crippen LogP) is 1.91. The first-order valence-corrected chi connectivity index (χ1v) is 5.69. The van der Waals surface area contributed by atoms with E-state index in [1.165, 1.54) is 0 Å². The highest BCUT2D eigenvalue weighted by molar-refractivity contribution is 14.1. The maximum Gasteiger partial charge on any atom is 0.308 e. The highest BCUT2D eigenvalue weighted by Crippen LogP contribution is 2.35. The van der Waals surface area contributed by atoms with Gasteiger partial charge in [-0.3, -0.25) is 9.48 Å². The molecular weight excluding hydrogens is 295 g/mol. The Bertz CT molecular complexity index is 350. The van der Waals surface area contributed by atoms with Crippen LogP contribution in [0.15, 0.2) is 12.4 Å². The highest BCUT2D eigenvalue weighted by Gasteiger charge is 2.34. The van der Waals surface area contributed by atoms with Crippen LogP contribution in [0.1, 0.15) is 25.3 Å². The second-order valence-corrected chi connectivity index (χ2v) is 4.83. The van der Waals surface area contributed by atoms with Gasteiger partial charge in [0.1, 0.15) is 0 Å². The fourth-order valence-corrected chi connectivity index (χ4v) is 2.45. The van der Waals surface area contributed by atoms with E-state index in [1.54, 1.807) is 10.9 Å². The first-order chi connectivity index (χ1) is 6.68. The molecular formula is C9H11IN2O2. The van der Waals surface area contributed by atoms with Crippen molar-refractivity contribution in [3.05, 3.63) is 16.0 Å². The Morgan fingerprint density at radius 3 is 3.00 bits per heavy atom. The molecule has 2 atom stereocenters. The molecule has 76 valence electrons. The number of hydrogen-bond donors (Lipinski definition) is 1. The van der Waals surface area contributed by atoms with Crippen LogP contribution in [0, 0.1) is 9.49 Å². The Balaban J connectivity index is 2.21. The van der Waals surface area contributed by atoms with E-state index in [9.17, 15) is 4.79 Å². The minimum absolute atomic E-state index is 0.0519. The molecule has 0 spiro atoms. The van der Waals surface area contributed by atoms with Gasteiger partial charge in [-0.15, -0.1) is 0 Å². The summed E-state index contributed by atoms with van der Waals surface area (Å²) in [4.78, 5) is 10.9. The third-order valence-electron chi connectivity index (χ3n) is 2.71. The molecule has 14 heavy (non-hydrogen) atoms. The van der Waals surface area contributed by atoms with E-state index in [-0.39, 0.29) is 12.0 Å². The van der Waals surface area contributed by atoms with Gasteiger partial charge < -0.3 is 5.11 Å². The van der Waals surface area contributed by atoms with Crippen molar-refractivity contribution in [3.8, 4) is 0 Å². The number of aromatic nitrogens is 2. The van der Waals surface area contributed by atoms with Crippen molar-refractivity contribution in [2.24, 2.45) is 5.92 Å². The molecule has 0 amide bonds. The van der Waals surface area contributed by atoms with Gasteiger partial charge in [0.15, 0.2) is 0 Å². The van der Waals surface area contributed by atoms with Crippen molar-refractivity contribution in [1.82, 2.24) is 9.78 Å². The summed E-state index contributed by atoms with van der Waals surface area (Å²) in [6.45, 7) is 0. The second kappa shape index (κ2) is 3.88. The van der Waals surface area contributed by atoms with Crippen molar-refractivity contribution in [2.45, 2.75) is 25.3 Å². The quantitative estimate of drug-likeness (QED) is 0.849. The number of carboxylic acid groups (broad SMARTS) is 1. The van der Waals surface area contributed by atoms with Gasteiger partial charge in [-0.2, -0.15) is 5.10 Å². The monoisotopic (exact) mass is 306 g/mol. The molecule has 1 heterocycles. The van der Waals surface area contributed by atoms with Crippen molar-refractivity contribution in [3.63, 3.8) is 0 Å². The lowest BCUT2D eigenvalue weighted by molar-refractivity contribution is -0.142. The van der Waals surface area contributed by atoms with Crippen molar-refractivity contribution < 1.29 is 9.90 Å².